The van der Waals surface area contributed by atoms with E-state index in [4.69, 9.17) is 0 Å². The van der Waals surface area contributed by atoms with Crippen LogP contribution in [0.2, 0.25) is 0 Å². The maximum Gasteiger partial charge on any atom is -0.0279 e. The highest BCUT2D eigenvalue weighted by atomic mass is 14.0. The average Bonchev–Trinajstić information content (AvgIpc) is 2.25. The Morgan fingerprint density at radius 1 is 1.00 bits per heavy atom. The van der Waals surface area contributed by atoms with Gasteiger partial charge in [0.2, 0.25) is 0 Å². The van der Waals surface area contributed by atoms with Crippen molar-refractivity contribution in [3.63, 3.8) is 0 Å². The quantitative estimate of drug-likeness (QED) is 0.459. The van der Waals surface area contributed by atoms with Crippen molar-refractivity contribution in [1.29, 1.82) is 0 Å². The fourth-order valence-electron chi connectivity index (χ4n) is 1.58. The third-order valence-corrected chi connectivity index (χ3v) is 2.41. The van der Waals surface area contributed by atoms with Gasteiger partial charge in [-0.25, -0.2) is 0 Å². The zero-order valence-electron chi connectivity index (χ0n) is 9.08. The molecule has 1 rings (SSSR count). The second kappa shape index (κ2) is 7.37. The largest absolute Gasteiger partial charge is 0.0917 e. The minimum atomic E-state index is 1.23. The Hall–Kier alpha value is -1.04. The van der Waals surface area contributed by atoms with Crippen LogP contribution in [0.15, 0.2) is 42.5 Å². The summed E-state index contributed by atoms with van der Waals surface area (Å²) in [5, 5.41) is 0. The molecule has 0 unspecified atom stereocenters. The Morgan fingerprint density at radius 2 is 1.79 bits per heavy atom. The van der Waals surface area contributed by atoms with E-state index in [9.17, 15) is 0 Å². The molecule has 0 radical (unpaired) electrons. The third kappa shape index (κ3) is 4.86. The molecule has 0 amide bonds. The lowest BCUT2D eigenvalue weighted by molar-refractivity contribution is 0.687. The Balaban J connectivity index is 2.05. The van der Waals surface area contributed by atoms with Crippen LogP contribution in [-0.2, 0) is 6.42 Å². The molecule has 0 nitrogen and oxygen atoms in total. The van der Waals surface area contributed by atoms with Gasteiger partial charge >= 0.3 is 0 Å². The number of allylic oxidation sites excluding steroid dienone is 2. The van der Waals surface area contributed by atoms with Gasteiger partial charge in [0.25, 0.3) is 0 Å². The second-order valence-corrected chi connectivity index (χ2v) is 3.65. The van der Waals surface area contributed by atoms with Crippen molar-refractivity contribution >= 4 is 0 Å². The highest BCUT2D eigenvalue weighted by molar-refractivity contribution is 5.14. The Labute approximate surface area is 87.7 Å². The lowest BCUT2D eigenvalue weighted by Crippen LogP contribution is -1.84. The molecule has 0 aromatic heterocycles. The summed E-state index contributed by atoms with van der Waals surface area (Å²) >= 11 is 0. The lowest BCUT2D eigenvalue weighted by Gasteiger charge is -1.99. The van der Waals surface area contributed by atoms with Crippen molar-refractivity contribution in [3.05, 3.63) is 48.0 Å². The molecule has 0 aliphatic heterocycles. The van der Waals surface area contributed by atoms with Gasteiger partial charge in [-0.05, 0) is 38.2 Å². The molecule has 0 N–H and O–H groups in total. The zero-order valence-corrected chi connectivity index (χ0v) is 9.08. The first-order valence-electron chi connectivity index (χ1n) is 5.58. The van der Waals surface area contributed by atoms with Crippen LogP contribution in [0.25, 0.3) is 0 Å². The molecule has 0 bridgehead atoms. The van der Waals surface area contributed by atoms with Gasteiger partial charge in [0.15, 0.2) is 0 Å². The van der Waals surface area contributed by atoms with E-state index < -0.39 is 0 Å². The fourth-order valence-corrected chi connectivity index (χ4v) is 1.58. The summed E-state index contributed by atoms with van der Waals surface area (Å²) in [5.74, 6) is 0. The van der Waals surface area contributed by atoms with E-state index in [1.807, 2.05) is 0 Å². The average molecular weight is 188 g/mol. The first kappa shape index (κ1) is 11.0. The summed E-state index contributed by atoms with van der Waals surface area (Å²) in [6.07, 6.45) is 10.9. The van der Waals surface area contributed by atoms with Crippen LogP contribution in [0.1, 0.15) is 38.2 Å². The molecule has 0 heteroatoms. The molecule has 0 aliphatic carbocycles. The van der Waals surface area contributed by atoms with E-state index in [0.29, 0.717) is 0 Å². The van der Waals surface area contributed by atoms with E-state index in [-0.39, 0.29) is 0 Å². The maximum absolute atomic E-state index is 2.25. The monoisotopic (exact) mass is 188 g/mol. The van der Waals surface area contributed by atoms with Crippen molar-refractivity contribution in [2.24, 2.45) is 0 Å². The standard InChI is InChI=1S/C14H20/c1-2-3-4-5-6-8-11-14-12-9-7-10-13-14/h2-3,7,9-10,12-13H,4-6,8,11H2,1H3/b3-2+. The first-order valence-corrected chi connectivity index (χ1v) is 5.58. The Kier molecular flexibility index (Phi) is 5.81. The van der Waals surface area contributed by atoms with Gasteiger partial charge in [-0.15, -0.1) is 0 Å². The smallest absolute Gasteiger partial charge is 0.0279 e. The number of rotatable bonds is 6. The molecular weight excluding hydrogens is 168 g/mol. The van der Waals surface area contributed by atoms with Crippen LogP contribution in [-0.4, -0.2) is 0 Å². The molecule has 0 atom stereocenters. The fraction of sp³-hybridized carbons (Fsp3) is 0.429. The normalized spacial score (nSPS) is 10.9. The molecular formula is C14H20. The van der Waals surface area contributed by atoms with Gasteiger partial charge in [0, 0.05) is 0 Å². The van der Waals surface area contributed by atoms with Crippen molar-refractivity contribution in [1.82, 2.24) is 0 Å². The summed E-state index contributed by atoms with van der Waals surface area (Å²) < 4.78 is 0. The van der Waals surface area contributed by atoms with Crippen LogP contribution in [0.5, 0.6) is 0 Å². The molecule has 0 aliphatic rings. The minimum absolute atomic E-state index is 1.23. The van der Waals surface area contributed by atoms with Crippen molar-refractivity contribution in [2.45, 2.75) is 39.0 Å². The SMILES string of the molecule is C/C=C/CCCCCc1ccccc1. The molecule has 0 saturated carbocycles. The van der Waals surface area contributed by atoms with E-state index in [1.54, 1.807) is 0 Å². The predicted octanol–water partition coefficient (Wildman–Crippen LogP) is 4.37. The van der Waals surface area contributed by atoms with Crippen molar-refractivity contribution in [3.8, 4) is 0 Å². The van der Waals surface area contributed by atoms with Crippen LogP contribution in [0.3, 0.4) is 0 Å². The highest BCUT2D eigenvalue weighted by Crippen LogP contribution is 2.07. The van der Waals surface area contributed by atoms with Gasteiger partial charge < -0.3 is 0 Å². The topological polar surface area (TPSA) is 0 Å². The maximum atomic E-state index is 2.25. The van der Waals surface area contributed by atoms with E-state index >= 15 is 0 Å². The van der Waals surface area contributed by atoms with Gasteiger partial charge in [-0.1, -0.05) is 48.9 Å². The van der Waals surface area contributed by atoms with Gasteiger partial charge in [0.05, 0.1) is 0 Å². The number of hydrogen-bond donors (Lipinski definition) is 0. The van der Waals surface area contributed by atoms with E-state index in [1.165, 1.54) is 37.7 Å². The summed E-state index contributed by atoms with van der Waals surface area (Å²) in [5.41, 5.74) is 1.47. The van der Waals surface area contributed by atoms with Crippen molar-refractivity contribution in [2.75, 3.05) is 0 Å². The molecule has 76 valence electrons. The summed E-state index contributed by atoms with van der Waals surface area (Å²) in [6.45, 7) is 2.09. The number of benzene rings is 1. The second-order valence-electron chi connectivity index (χ2n) is 3.65. The summed E-state index contributed by atoms with van der Waals surface area (Å²) in [6, 6.07) is 10.7. The molecule has 14 heavy (non-hydrogen) atoms. The Morgan fingerprint density at radius 3 is 2.50 bits per heavy atom. The predicted molar refractivity (Wildman–Crippen MR) is 63.4 cm³/mol. The van der Waals surface area contributed by atoms with Crippen LogP contribution in [0, 0.1) is 0 Å². The van der Waals surface area contributed by atoms with Crippen molar-refractivity contribution < 1.29 is 0 Å². The zero-order chi connectivity index (χ0) is 10.1. The number of hydrogen-bond acceptors (Lipinski definition) is 0. The molecule has 1 aromatic carbocycles. The summed E-state index contributed by atoms with van der Waals surface area (Å²) in [4.78, 5) is 0. The van der Waals surface area contributed by atoms with E-state index in [2.05, 4.69) is 49.4 Å². The molecule has 1 aromatic rings. The minimum Gasteiger partial charge on any atom is -0.0917 e. The molecule has 0 heterocycles. The summed E-state index contributed by atoms with van der Waals surface area (Å²) in [7, 11) is 0. The number of unbranched alkanes of at least 4 members (excludes halogenated alkanes) is 3. The lowest BCUT2D eigenvalue weighted by atomic mass is 10.1. The number of aryl methyl sites for hydroxylation is 1. The first-order chi connectivity index (χ1) is 6.93. The van der Waals surface area contributed by atoms with Gasteiger partial charge in [-0.2, -0.15) is 0 Å². The molecule has 0 spiro atoms. The van der Waals surface area contributed by atoms with Crippen LogP contribution < -0.4 is 0 Å². The Bertz CT molecular complexity index is 246. The molecule has 0 saturated heterocycles. The van der Waals surface area contributed by atoms with E-state index in [0.717, 1.165) is 0 Å². The molecule has 0 fully saturated rings. The van der Waals surface area contributed by atoms with Crippen LogP contribution in [0.4, 0.5) is 0 Å². The third-order valence-electron chi connectivity index (χ3n) is 2.41. The highest BCUT2D eigenvalue weighted by Gasteiger charge is 1.91. The van der Waals surface area contributed by atoms with Crippen LogP contribution >= 0.6 is 0 Å². The van der Waals surface area contributed by atoms with Gasteiger partial charge in [-0.3, -0.25) is 0 Å². The van der Waals surface area contributed by atoms with Gasteiger partial charge in [0.1, 0.15) is 0 Å².